The molecule has 0 unspecified atom stereocenters. The Bertz CT molecular complexity index is 1140. The first-order chi connectivity index (χ1) is 11.1. The van der Waals surface area contributed by atoms with Crippen molar-refractivity contribution in [2.24, 2.45) is 0 Å². The van der Waals surface area contributed by atoms with Crippen LogP contribution in [0.2, 0.25) is 5.15 Å². The number of aromatic nitrogens is 5. The predicted molar refractivity (Wildman–Crippen MR) is 83.0 cm³/mol. The van der Waals surface area contributed by atoms with Crippen LogP contribution in [0.5, 0.6) is 0 Å². The molecule has 4 aromatic rings. The monoisotopic (exact) mass is 345 g/mol. The molecule has 23 heavy (non-hydrogen) atoms. The van der Waals surface area contributed by atoms with E-state index in [9.17, 15) is 8.42 Å². The Kier molecular flexibility index (Phi) is 3.03. The normalized spacial score (nSPS) is 12.0. The average Bonchev–Trinajstić information content (AvgIpc) is 3.00. The smallest absolute Gasteiger partial charge is 0.244 e. The van der Waals surface area contributed by atoms with E-state index in [2.05, 4.69) is 20.3 Å². The van der Waals surface area contributed by atoms with Crippen molar-refractivity contribution in [3.05, 3.63) is 53.8 Å². The van der Waals surface area contributed by atoms with E-state index >= 15 is 0 Å². The second-order valence-electron chi connectivity index (χ2n) is 4.72. The first-order valence-electron chi connectivity index (χ1n) is 6.55. The summed E-state index contributed by atoms with van der Waals surface area (Å²) in [6.45, 7) is 0. The van der Waals surface area contributed by atoms with Crippen LogP contribution in [-0.4, -0.2) is 33.2 Å². The van der Waals surface area contributed by atoms with Crippen molar-refractivity contribution >= 4 is 38.0 Å². The standard InChI is InChI=1S/C14H8ClN5O2S/c15-12-9-5-1-2-6-10(9)20-13(17-12)14(18-19-20)23(21,22)11-7-3-4-8-16-11/h1-8H. The van der Waals surface area contributed by atoms with Gasteiger partial charge in [0.15, 0.2) is 10.7 Å². The minimum atomic E-state index is -3.93. The maximum atomic E-state index is 12.7. The Morgan fingerprint density at radius 3 is 2.61 bits per heavy atom. The van der Waals surface area contributed by atoms with Crippen LogP contribution in [0.25, 0.3) is 16.6 Å². The summed E-state index contributed by atoms with van der Waals surface area (Å²) < 4.78 is 26.7. The maximum Gasteiger partial charge on any atom is 0.246 e. The number of pyridine rings is 1. The highest BCUT2D eigenvalue weighted by molar-refractivity contribution is 7.91. The van der Waals surface area contributed by atoms with Gasteiger partial charge in [0.2, 0.25) is 14.9 Å². The molecule has 0 radical (unpaired) electrons. The van der Waals surface area contributed by atoms with Gasteiger partial charge < -0.3 is 0 Å². The molecular weight excluding hydrogens is 338 g/mol. The van der Waals surface area contributed by atoms with Crippen LogP contribution < -0.4 is 0 Å². The molecule has 0 spiro atoms. The van der Waals surface area contributed by atoms with Crippen LogP contribution in [0.1, 0.15) is 0 Å². The summed E-state index contributed by atoms with van der Waals surface area (Å²) in [6.07, 6.45) is 1.40. The molecule has 7 nitrogen and oxygen atoms in total. The van der Waals surface area contributed by atoms with E-state index in [1.54, 1.807) is 30.3 Å². The third-order valence-electron chi connectivity index (χ3n) is 3.34. The lowest BCUT2D eigenvalue weighted by molar-refractivity contribution is 0.589. The Balaban J connectivity index is 2.07. The predicted octanol–water partition coefficient (Wildman–Crippen LogP) is 2.16. The quantitative estimate of drug-likeness (QED) is 0.517. The number of benzene rings is 1. The van der Waals surface area contributed by atoms with E-state index in [1.165, 1.54) is 16.8 Å². The molecule has 0 N–H and O–H groups in total. The number of hydrogen-bond acceptors (Lipinski definition) is 6. The lowest BCUT2D eigenvalue weighted by atomic mass is 10.2. The fraction of sp³-hybridized carbons (Fsp3) is 0. The second-order valence-corrected chi connectivity index (χ2v) is 6.89. The van der Waals surface area contributed by atoms with E-state index < -0.39 is 9.84 Å². The molecule has 0 aliphatic carbocycles. The maximum absolute atomic E-state index is 12.7. The summed E-state index contributed by atoms with van der Waals surface area (Å²) in [7, 11) is -3.93. The van der Waals surface area contributed by atoms with Crippen LogP contribution in [0, 0.1) is 0 Å². The van der Waals surface area contributed by atoms with E-state index in [1.807, 2.05) is 6.07 Å². The van der Waals surface area contributed by atoms with Gasteiger partial charge >= 0.3 is 0 Å². The molecule has 9 heteroatoms. The van der Waals surface area contributed by atoms with E-state index in [4.69, 9.17) is 11.6 Å². The number of hydrogen-bond donors (Lipinski definition) is 0. The molecule has 0 aliphatic rings. The molecule has 3 heterocycles. The van der Waals surface area contributed by atoms with E-state index in [0.29, 0.717) is 10.9 Å². The zero-order valence-electron chi connectivity index (χ0n) is 11.5. The Morgan fingerprint density at radius 2 is 1.83 bits per heavy atom. The van der Waals surface area contributed by atoms with Gasteiger partial charge in [-0.05, 0) is 24.3 Å². The summed E-state index contributed by atoms with van der Waals surface area (Å²) in [4.78, 5) is 8.02. The van der Waals surface area contributed by atoms with Crippen molar-refractivity contribution < 1.29 is 8.42 Å². The lowest BCUT2D eigenvalue weighted by Gasteiger charge is -2.03. The summed E-state index contributed by atoms with van der Waals surface area (Å²) in [6, 6.07) is 11.8. The third kappa shape index (κ3) is 2.07. The molecule has 0 amide bonds. The molecule has 0 bridgehead atoms. The topological polar surface area (TPSA) is 90.1 Å². The second kappa shape index (κ2) is 4.97. The van der Waals surface area contributed by atoms with Crippen molar-refractivity contribution in [3.8, 4) is 0 Å². The van der Waals surface area contributed by atoms with Crippen molar-refractivity contribution in [3.63, 3.8) is 0 Å². The third-order valence-corrected chi connectivity index (χ3v) is 5.20. The number of halogens is 1. The largest absolute Gasteiger partial charge is 0.246 e. The highest BCUT2D eigenvalue weighted by Crippen LogP contribution is 2.26. The number of sulfone groups is 1. The van der Waals surface area contributed by atoms with Crippen molar-refractivity contribution in [2.45, 2.75) is 10.1 Å². The number of rotatable bonds is 2. The molecule has 4 rings (SSSR count). The minimum Gasteiger partial charge on any atom is -0.244 e. The fourth-order valence-electron chi connectivity index (χ4n) is 2.29. The Labute approximate surface area is 135 Å². The molecule has 1 aromatic carbocycles. The van der Waals surface area contributed by atoms with Gasteiger partial charge in [-0.2, -0.15) is 4.52 Å². The summed E-state index contributed by atoms with van der Waals surface area (Å²) in [5.74, 6) is 0. The molecular formula is C14H8ClN5O2S. The lowest BCUT2D eigenvalue weighted by Crippen LogP contribution is -2.06. The Hall–Kier alpha value is -2.58. The van der Waals surface area contributed by atoms with Crippen molar-refractivity contribution in [1.82, 2.24) is 24.8 Å². The van der Waals surface area contributed by atoms with Gasteiger partial charge in [-0.3, -0.25) is 0 Å². The van der Waals surface area contributed by atoms with Gasteiger partial charge in [0.25, 0.3) is 0 Å². The van der Waals surface area contributed by atoms with Gasteiger partial charge in [-0.15, -0.1) is 5.10 Å². The van der Waals surface area contributed by atoms with Gasteiger partial charge in [-0.1, -0.05) is 35.0 Å². The first-order valence-corrected chi connectivity index (χ1v) is 8.41. The van der Waals surface area contributed by atoms with Gasteiger partial charge in [0.1, 0.15) is 5.15 Å². The highest BCUT2D eigenvalue weighted by Gasteiger charge is 2.27. The SMILES string of the molecule is O=S(=O)(c1ccccn1)c1nnn2c1nc(Cl)c1ccccc12. The molecule has 0 saturated carbocycles. The van der Waals surface area contributed by atoms with Crippen LogP contribution in [0.3, 0.4) is 0 Å². The van der Waals surface area contributed by atoms with Gasteiger partial charge in [0, 0.05) is 11.6 Å². The number of para-hydroxylation sites is 1. The molecule has 0 atom stereocenters. The van der Waals surface area contributed by atoms with Crippen LogP contribution in [0.15, 0.2) is 58.7 Å². The minimum absolute atomic E-state index is 0.0688. The summed E-state index contributed by atoms with van der Waals surface area (Å²) in [5, 5.41) is 8.17. The number of fused-ring (bicyclic) bond motifs is 3. The highest BCUT2D eigenvalue weighted by atomic mass is 35.5. The van der Waals surface area contributed by atoms with Crippen LogP contribution in [0.4, 0.5) is 0 Å². The zero-order valence-corrected chi connectivity index (χ0v) is 13.0. The van der Waals surface area contributed by atoms with Crippen LogP contribution >= 0.6 is 11.6 Å². The molecule has 0 saturated heterocycles. The van der Waals surface area contributed by atoms with E-state index in [0.717, 1.165) is 0 Å². The summed E-state index contributed by atoms with van der Waals surface area (Å²) >= 11 is 6.17. The van der Waals surface area contributed by atoms with Crippen molar-refractivity contribution in [1.29, 1.82) is 0 Å². The average molecular weight is 346 g/mol. The molecule has 3 aromatic heterocycles. The fourth-order valence-corrected chi connectivity index (χ4v) is 3.70. The van der Waals surface area contributed by atoms with Crippen molar-refractivity contribution in [2.75, 3.05) is 0 Å². The molecule has 0 aliphatic heterocycles. The van der Waals surface area contributed by atoms with Gasteiger partial charge in [-0.25, -0.2) is 18.4 Å². The zero-order chi connectivity index (χ0) is 16.0. The van der Waals surface area contributed by atoms with Crippen LogP contribution in [-0.2, 0) is 9.84 Å². The van der Waals surface area contributed by atoms with E-state index in [-0.39, 0.29) is 20.9 Å². The molecule has 114 valence electrons. The summed E-state index contributed by atoms with van der Waals surface area (Å²) in [5.41, 5.74) is 0.692. The number of nitrogens with zero attached hydrogens (tertiary/aromatic N) is 5. The Morgan fingerprint density at radius 1 is 1.04 bits per heavy atom. The van der Waals surface area contributed by atoms with Gasteiger partial charge in [0.05, 0.1) is 5.52 Å². The first kappa shape index (κ1) is 14.0. The molecule has 0 fully saturated rings.